The molecule has 0 bridgehead atoms. The van der Waals surface area contributed by atoms with Gasteiger partial charge in [0.25, 0.3) is 5.97 Å². The van der Waals surface area contributed by atoms with Crippen molar-refractivity contribution in [3.05, 3.63) is 23.8 Å². The van der Waals surface area contributed by atoms with Crippen LogP contribution in [0.3, 0.4) is 0 Å². The Labute approximate surface area is 206 Å². The highest BCUT2D eigenvalue weighted by atomic mass is 16.4. The molecule has 14 heteroatoms. The van der Waals surface area contributed by atoms with Gasteiger partial charge in [0.1, 0.15) is 0 Å². The molecule has 0 aliphatic rings. The molecule has 0 unspecified atom stereocenters. The van der Waals surface area contributed by atoms with Crippen LogP contribution in [0.15, 0.2) is 23.8 Å². The minimum Gasteiger partial charge on any atom is -0.481 e. The molecule has 0 atom stereocenters. The van der Waals surface area contributed by atoms with Crippen molar-refractivity contribution < 1.29 is 29.7 Å². The standard InChI is InChI=1S/C19H40N8O4.C2H4O2/c20-8-5-9-25(12-16(21)14-26(23)10-3-1-6-18(28)29)13-17(22)15-27(24)11-4-2-7-19(30)31;1-2(3)4/h14-15H,1-13,20-24H2,(H,28,29)(H,30,31);1H3,(H,3,4)/b16-14-,17-15-;. The molecule has 0 aromatic heterocycles. The first kappa shape index (κ1) is 34.1. The monoisotopic (exact) mass is 504 g/mol. The Hall–Kier alpha value is -3.07. The summed E-state index contributed by atoms with van der Waals surface area (Å²) in [7, 11) is 0. The Bertz CT molecular complexity index is 624. The lowest BCUT2D eigenvalue weighted by atomic mass is 10.2. The van der Waals surface area contributed by atoms with Crippen LogP contribution < -0.4 is 28.9 Å². The SMILES string of the molecule is CC(=O)O.NCCCN(C/C(N)=C/N(N)CCCCC(=O)O)C/C(N)=C/N(N)CCCCC(=O)O. The quantitative estimate of drug-likeness (QED) is 0.0608. The van der Waals surface area contributed by atoms with Crippen LogP contribution in [0.2, 0.25) is 0 Å². The molecular weight excluding hydrogens is 460 g/mol. The van der Waals surface area contributed by atoms with Crippen LogP contribution in [0, 0.1) is 0 Å². The number of nitrogens with two attached hydrogens (primary N) is 5. The smallest absolute Gasteiger partial charge is 0.303 e. The predicted molar refractivity (Wildman–Crippen MR) is 133 cm³/mol. The zero-order valence-electron chi connectivity index (χ0n) is 20.6. The van der Waals surface area contributed by atoms with Gasteiger partial charge in [-0.15, -0.1) is 0 Å². The number of carboxylic acids is 3. The molecule has 35 heavy (non-hydrogen) atoms. The normalized spacial score (nSPS) is 11.6. The van der Waals surface area contributed by atoms with Crippen molar-refractivity contribution in [2.45, 2.75) is 51.9 Å². The maximum Gasteiger partial charge on any atom is 0.303 e. The van der Waals surface area contributed by atoms with E-state index in [1.54, 1.807) is 12.4 Å². The van der Waals surface area contributed by atoms with Crippen LogP contribution >= 0.6 is 0 Å². The number of rotatable bonds is 19. The van der Waals surface area contributed by atoms with E-state index < -0.39 is 17.9 Å². The highest BCUT2D eigenvalue weighted by Crippen LogP contribution is 2.03. The maximum absolute atomic E-state index is 10.5. The lowest BCUT2D eigenvalue weighted by Gasteiger charge is -2.24. The van der Waals surface area contributed by atoms with Gasteiger partial charge >= 0.3 is 11.9 Å². The van der Waals surface area contributed by atoms with Crippen molar-refractivity contribution in [2.24, 2.45) is 28.9 Å². The number of hydrogen-bond donors (Lipinski definition) is 8. The Balaban J connectivity index is 0. The van der Waals surface area contributed by atoms with Crippen molar-refractivity contribution >= 4 is 17.9 Å². The van der Waals surface area contributed by atoms with Gasteiger partial charge in [-0.05, 0) is 38.6 Å². The first-order valence-corrected chi connectivity index (χ1v) is 11.4. The average molecular weight is 505 g/mol. The summed E-state index contributed by atoms with van der Waals surface area (Å²) in [5.41, 5.74) is 18.9. The Morgan fingerprint density at radius 1 is 0.714 bits per heavy atom. The van der Waals surface area contributed by atoms with Gasteiger partial charge < -0.3 is 42.5 Å². The van der Waals surface area contributed by atoms with E-state index in [9.17, 15) is 9.59 Å². The molecule has 0 fully saturated rings. The lowest BCUT2D eigenvalue weighted by Crippen LogP contribution is -2.36. The van der Waals surface area contributed by atoms with E-state index in [0.29, 0.717) is 76.3 Å². The molecule has 0 spiro atoms. The van der Waals surface area contributed by atoms with Crippen molar-refractivity contribution in [1.29, 1.82) is 0 Å². The maximum atomic E-state index is 10.5. The van der Waals surface area contributed by atoms with Gasteiger partial charge in [-0.2, -0.15) is 0 Å². The predicted octanol–water partition coefficient (Wildman–Crippen LogP) is -0.810. The highest BCUT2D eigenvalue weighted by molar-refractivity contribution is 5.66. The van der Waals surface area contributed by atoms with E-state index in [4.69, 9.17) is 49.0 Å². The zero-order valence-corrected chi connectivity index (χ0v) is 20.6. The molecule has 0 saturated carbocycles. The van der Waals surface area contributed by atoms with Crippen molar-refractivity contribution in [3.8, 4) is 0 Å². The molecule has 0 heterocycles. The van der Waals surface area contributed by atoms with Crippen LogP contribution in [0.25, 0.3) is 0 Å². The average Bonchev–Trinajstić information content (AvgIpc) is 2.71. The van der Waals surface area contributed by atoms with Crippen LogP contribution in [-0.2, 0) is 14.4 Å². The van der Waals surface area contributed by atoms with Crippen molar-refractivity contribution in [1.82, 2.24) is 14.9 Å². The number of aliphatic carboxylic acids is 3. The summed E-state index contributed by atoms with van der Waals surface area (Å²) in [6, 6.07) is 0. The lowest BCUT2D eigenvalue weighted by molar-refractivity contribution is -0.138. The summed E-state index contributed by atoms with van der Waals surface area (Å²) in [5.74, 6) is 9.33. The van der Waals surface area contributed by atoms with Gasteiger partial charge in [0.05, 0.1) is 0 Å². The molecule has 14 nitrogen and oxygen atoms in total. The van der Waals surface area contributed by atoms with E-state index >= 15 is 0 Å². The van der Waals surface area contributed by atoms with Crippen LogP contribution in [0.4, 0.5) is 0 Å². The summed E-state index contributed by atoms with van der Waals surface area (Å²) in [5, 5.41) is 27.6. The Morgan fingerprint density at radius 2 is 1.09 bits per heavy atom. The van der Waals surface area contributed by atoms with E-state index in [0.717, 1.165) is 13.3 Å². The topological polar surface area (TPSA) is 252 Å². The molecular formula is C21H44N8O6. The molecule has 204 valence electrons. The largest absolute Gasteiger partial charge is 0.481 e. The van der Waals surface area contributed by atoms with Crippen molar-refractivity contribution in [2.75, 3.05) is 39.3 Å². The van der Waals surface area contributed by atoms with E-state index in [1.165, 1.54) is 10.0 Å². The van der Waals surface area contributed by atoms with Gasteiger partial charge in [-0.3, -0.25) is 19.3 Å². The fourth-order valence-corrected chi connectivity index (χ4v) is 2.82. The number of hydrazine groups is 2. The summed E-state index contributed by atoms with van der Waals surface area (Å²) in [4.78, 5) is 32.1. The van der Waals surface area contributed by atoms with Gasteiger partial charge in [0.2, 0.25) is 0 Å². The number of carboxylic acid groups (broad SMARTS) is 3. The fraction of sp³-hybridized carbons (Fsp3) is 0.667. The third kappa shape index (κ3) is 27.1. The molecule has 0 aromatic rings. The Morgan fingerprint density at radius 3 is 1.40 bits per heavy atom. The second kappa shape index (κ2) is 21.5. The van der Waals surface area contributed by atoms with Gasteiger partial charge in [0.15, 0.2) is 0 Å². The molecule has 0 saturated heterocycles. The third-order valence-electron chi connectivity index (χ3n) is 4.27. The first-order chi connectivity index (χ1) is 16.4. The number of hydrogen-bond acceptors (Lipinski definition) is 11. The second-order valence-corrected chi connectivity index (χ2v) is 7.96. The van der Waals surface area contributed by atoms with E-state index in [-0.39, 0.29) is 12.8 Å². The molecule has 0 rings (SSSR count). The van der Waals surface area contributed by atoms with E-state index in [1.807, 2.05) is 4.90 Å². The van der Waals surface area contributed by atoms with Crippen LogP contribution in [0.1, 0.15) is 51.9 Å². The van der Waals surface area contributed by atoms with Crippen molar-refractivity contribution in [3.63, 3.8) is 0 Å². The van der Waals surface area contributed by atoms with Gasteiger partial charge in [-0.1, -0.05) is 0 Å². The molecule has 0 amide bonds. The second-order valence-electron chi connectivity index (χ2n) is 7.96. The van der Waals surface area contributed by atoms with Gasteiger partial charge in [0, 0.05) is 76.3 Å². The zero-order chi connectivity index (χ0) is 27.2. The molecule has 0 radical (unpaired) electrons. The summed E-state index contributed by atoms with van der Waals surface area (Å²) < 4.78 is 0. The minimum atomic E-state index is -0.833. The van der Waals surface area contributed by atoms with Gasteiger partial charge in [-0.25, -0.2) is 11.7 Å². The number of unbranched alkanes of at least 4 members (excludes halogenated alkanes) is 2. The molecule has 0 aromatic carbocycles. The number of nitrogens with zero attached hydrogens (tertiary/aromatic N) is 3. The molecule has 0 aliphatic carbocycles. The first-order valence-electron chi connectivity index (χ1n) is 11.4. The third-order valence-corrected chi connectivity index (χ3v) is 4.27. The molecule has 13 N–H and O–H groups in total. The molecule has 0 aliphatic heterocycles. The van der Waals surface area contributed by atoms with E-state index in [2.05, 4.69) is 0 Å². The highest BCUT2D eigenvalue weighted by Gasteiger charge is 2.09. The van der Waals surface area contributed by atoms with Crippen LogP contribution in [-0.4, -0.2) is 87.4 Å². The minimum absolute atomic E-state index is 0.114. The van der Waals surface area contributed by atoms with Crippen LogP contribution in [0.5, 0.6) is 0 Å². The fourth-order valence-electron chi connectivity index (χ4n) is 2.82. The summed E-state index contributed by atoms with van der Waals surface area (Å²) >= 11 is 0. The summed E-state index contributed by atoms with van der Waals surface area (Å²) in [6.45, 7) is 4.17. The number of carbonyl (C=O) groups is 3. The Kier molecular flexibility index (Phi) is 20.9. The summed E-state index contributed by atoms with van der Waals surface area (Å²) in [6.07, 6.45) is 6.66.